The molecule has 1 saturated carbocycles. The largest absolute Gasteiger partial charge is 0.340 e. The van der Waals surface area contributed by atoms with Gasteiger partial charge in [0, 0.05) is 0 Å². The molecular formula is C13H26BO3PS. The number of thiol groups is 1. The first-order valence-electron chi connectivity index (χ1n) is 7.09. The first kappa shape index (κ1) is 17.6. The van der Waals surface area contributed by atoms with Gasteiger partial charge in [0.25, 0.3) is 0 Å². The molecule has 1 rings (SSSR count). The van der Waals surface area contributed by atoms with Crippen LogP contribution in [-0.4, -0.2) is 25.5 Å². The molecule has 1 fully saturated rings. The van der Waals surface area contributed by atoms with Crippen LogP contribution in [0.1, 0.15) is 47.0 Å². The number of rotatable bonds is 6. The summed E-state index contributed by atoms with van der Waals surface area (Å²) in [4.78, 5) is 0. The van der Waals surface area contributed by atoms with Gasteiger partial charge in [0.1, 0.15) is 0 Å². The van der Waals surface area contributed by atoms with Gasteiger partial charge in [0.05, 0.1) is 25.5 Å². The van der Waals surface area contributed by atoms with Gasteiger partial charge in [-0.1, -0.05) is 32.5 Å². The van der Waals surface area contributed by atoms with Gasteiger partial charge in [-0.05, 0) is 32.1 Å². The third-order valence-electron chi connectivity index (χ3n) is 3.67. The molecule has 19 heavy (non-hydrogen) atoms. The molecule has 0 aliphatic heterocycles. The zero-order valence-electron chi connectivity index (χ0n) is 12.4. The van der Waals surface area contributed by atoms with Gasteiger partial charge in [-0.3, -0.25) is 4.57 Å². The average Bonchev–Trinajstić information content (AvgIpc) is 2.30. The quantitative estimate of drug-likeness (QED) is 0.452. The monoisotopic (exact) mass is 304 g/mol. The molecular weight excluding hydrogens is 278 g/mol. The highest BCUT2D eigenvalue weighted by Gasteiger charge is 2.35. The molecule has 110 valence electrons. The molecule has 0 N–H and O–H groups in total. The molecule has 4 atom stereocenters. The maximum absolute atomic E-state index is 12.5. The molecule has 4 unspecified atom stereocenters. The molecule has 3 nitrogen and oxygen atoms in total. The van der Waals surface area contributed by atoms with Crippen LogP contribution >= 0.6 is 20.2 Å². The van der Waals surface area contributed by atoms with Crippen LogP contribution in [0.4, 0.5) is 0 Å². The summed E-state index contributed by atoms with van der Waals surface area (Å²) in [7, 11) is 2.97. The molecule has 6 heteroatoms. The van der Waals surface area contributed by atoms with Crippen LogP contribution in [-0.2, 0) is 13.6 Å². The second-order valence-corrected chi connectivity index (χ2v) is 8.81. The van der Waals surface area contributed by atoms with E-state index in [0.29, 0.717) is 11.8 Å². The van der Waals surface area contributed by atoms with Crippen molar-refractivity contribution in [3.8, 4) is 0 Å². The van der Waals surface area contributed by atoms with Crippen LogP contribution < -0.4 is 0 Å². The van der Waals surface area contributed by atoms with Gasteiger partial charge in [0.2, 0.25) is 0 Å². The molecule has 0 spiro atoms. The van der Waals surface area contributed by atoms with Crippen LogP contribution in [0.2, 0.25) is 5.82 Å². The Bertz CT molecular complexity index is 325. The summed E-state index contributed by atoms with van der Waals surface area (Å²) in [6.45, 7) is 8.11. The molecule has 0 heterocycles. The fourth-order valence-electron chi connectivity index (χ4n) is 2.53. The van der Waals surface area contributed by atoms with Crippen LogP contribution in [0.3, 0.4) is 0 Å². The molecule has 0 bridgehead atoms. The van der Waals surface area contributed by atoms with Crippen molar-refractivity contribution in [1.82, 2.24) is 0 Å². The first-order valence-corrected chi connectivity index (χ1v) is 9.45. The summed E-state index contributed by atoms with van der Waals surface area (Å²) in [6.07, 6.45) is 2.57. The topological polar surface area (TPSA) is 35.5 Å². The van der Waals surface area contributed by atoms with Crippen molar-refractivity contribution < 1.29 is 13.6 Å². The predicted octanol–water partition coefficient (Wildman–Crippen LogP) is 4.29. The third-order valence-corrected chi connectivity index (χ3v) is 6.39. The summed E-state index contributed by atoms with van der Waals surface area (Å²) in [5.41, 5.74) is 0.0980. The van der Waals surface area contributed by atoms with E-state index in [2.05, 4.69) is 26.5 Å². The maximum atomic E-state index is 12.5. The number of hydrogen-bond donors (Lipinski definition) is 1. The van der Waals surface area contributed by atoms with E-state index >= 15 is 0 Å². The lowest BCUT2D eigenvalue weighted by atomic mass is 9.68. The molecule has 0 amide bonds. The van der Waals surface area contributed by atoms with E-state index in [9.17, 15) is 4.57 Å². The Morgan fingerprint density at radius 1 is 1.32 bits per heavy atom. The zero-order valence-corrected chi connectivity index (χ0v) is 14.2. The summed E-state index contributed by atoms with van der Waals surface area (Å²) >= 11 is 4.11. The van der Waals surface area contributed by atoms with Crippen LogP contribution in [0.15, 0.2) is 0 Å². The third kappa shape index (κ3) is 5.45. The fourth-order valence-corrected chi connectivity index (χ4v) is 4.41. The Balaban J connectivity index is 2.68. The average molecular weight is 304 g/mol. The van der Waals surface area contributed by atoms with E-state index in [-0.39, 0.29) is 23.5 Å². The highest BCUT2D eigenvalue weighted by molar-refractivity contribution is 7.88. The van der Waals surface area contributed by atoms with E-state index in [1.54, 1.807) is 0 Å². The van der Waals surface area contributed by atoms with Crippen LogP contribution in [0.5, 0.6) is 0 Å². The predicted molar refractivity (Wildman–Crippen MR) is 84.2 cm³/mol. The summed E-state index contributed by atoms with van der Waals surface area (Å²) in [6, 6.07) is 0. The van der Waals surface area contributed by atoms with Crippen molar-refractivity contribution in [2.24, 2.45) is 11.8 Å². The second-order valence-electron chi connectivity index (χ2n) is 6.03. The van der Waals surface area contributed by atoms with Crippen molar-refractivity contribution in [2.45, 2.75) is 65.0 Å². The maximum Gasteiger partial charge on any atom is 0.340 e. The van der Waals surface area contributed by atoms with Crippen molar-refractivity contribution in [2.75, 3.05) is 5.49 Å². The Morgan fingerprint density at radius 3 is 2.42 bits per heavy atom. The normalized spacial score (nSPS) is 31.6. The van der Waals surface area contributed by atoms with Gasteiger partial charge >= 0.3 is 7.60 Å². The van der Waals surface area contributed by atoms with Gasteiger partial charge < -0.3 is 9.05 Å². The first-order chi connectivity index (χ1) is 8.77. The summed E-state index contributed by atoms with van der Waals surface area (Å²) < 4.78 is 23.7. The lowest BCUT2D eigenvalue weighted by Gasteiger charge is -2.37. The Labute approximate surface area is 124 Å². The minimum atomic E-state index is -3.13. The Kier molecular flexibility index (Phi) is 6.99. The Hall–Kier alpha value is 0.565. The molecule has 1 aliphatic rings. The smallest absolute Gasteiger partial charge is 0.305 e. The van der Waals surface area contributed by atoms with E-state index in [1.807, 2.05) is 13.8 Å². The fraction of sp³-hybridized carbons (Fsp3) is 1.00. The summed E-state index contributed by atoms with van der Waals surface area (Å²) in [5, 5.41) is 0. The lowest BCUT2D eigenvalue weighted by Crippen LogP contribution is -2.30. The molecule has 0 aromatic carbocycles. The Morgan fingerprint density at radius 2 is 1.95 bits per heavy atom. The van der Waals surface area contributed by atoms with E-state index in [0.717, 1.165) is 19.3 Å². The minimum absolute atomic E-state index is 0.0565. The highest BCUT2D eigenvalue weighted by atomic mass is 32.1. The second kappa shape index (κ2) is 7.54. The lowest BCUT2D eigenvalue weighted by molar-refractivity contribution is 0.0770. The minimum Gasteiger partial charge on any atom is -0.305 e. The highest BCUT2D eigenvalue weighted by Crippen LogP contribution is 2.54. The van der Waals surface area contributed by atoms with Crippen molar-refractivity contribution in [1.29, 1.82) is 0 Å². The van der Waals surface area contributed by atoms with Gasteiger partial charge in [-0.2, -0.15) is 12.6 Å². The molecule has 0 aromatic heterocycles. The van der Waals surface area contributed by atoms with Gasteiger partial charge in [-0.15, -0.1) is 0 Å². The van der Waals surface area contributed by atoms with Gasteiger partial charge in [-0.25, -0.2) is 0 Å². The van der Waals surface area contributed by atoms with E-state index < -0.39 is 7.60 Å². The SMILES string of the molecule is [B]C1CCC(C(C)C)CC1OP(=O)(CS)OC(C)C. The molecule has 1 aliphatic carbocycles. The van der Waals surface area contributed by atoms with E-state index in [4.69, 9.17) is 16.9 Å². The van der Waals surface area contributed by atoms with Gasteiger partial charge in [0.15, 0.2) is 0 Å². The molecule has 0 saturated heterocycles. The standard InChI is InChI=1S/C13H26BO3PS/c1-9(2)11-5-6-12(14)13(7-11)17-18(15,8-19)16-10(3)4/h9-13,19H,5-8H2,1-4H3. The number of hydrogen-bond acceptors (Lipinski definition) is 4. The van der Waals surface area contributed by atoms with Crippen molar-refractivity contribution >= 4 is 28.1 Å². The van der Waals surface area contributed by atoms with E-state index in [1.165, 1.54) is 0 Å². The molecule has 2 radical (unpaired) electrons. The zero-order chi connectivity index (χ0) is 14.6. The van der Waals surface area contributed by atoms with Crippen LogP contribution in [0, 0.1) is 11.8 Å². The summed E-state index contributed by atoms with van der Waals surface area (Å²) in [5.74, 6) is 1.12. The van der Waals surface area contributed by atoms with Crippen molar-refractivity contribution in [3.63, 3.8) is 0 Å². The van der Waals surface area contributed by atoms with Crippen LogP contribution in [0.25, 0.3) is 0 Å². The van der Waals surface area contributed by atoms with Crippen molar-refractivity contribution in [3.05, 3.63) is 0 Å². The molecule has 0 aromatic rings.